The van der Waals surface area contributed by atoms with Gasteiger partial charge in [0.25, 0.3) is 5.91 Å². The topological polar surface area (TPSA) is 53.8 Å². The number of furan rings is 1. The molecule has 5 heteroatoms. The molecule has 0 saturated carbocycles. The van der Waals surface area contributed by atoms with Crippen LogP contribution >= 0.6 is 0 Å². The normalized spacial score (nSPS) is 20.6. The van der Waals surface area contributed by atoms with Crippen molar-refractivity contribution in [1.29, 1.82) is 0 Å². The highest BCUT2D eigenvalue weighted by atomic mass is 16.3. The number of hydrogen-bond donors (Lipinski definition) is 0. The smallest absolute Gasteiger partial charge is 0.327 e. The molecule has 0 bridgehead atoms. The minimum atomic E-state index is -0.399. The number of carbonyl (C=O) groups excluding carboxylic acids is 2. The fourth-order valence-corrected chi connectivity index (χ4v) is 2.01. The van der Waals surface area contributed by atoms with Gasteiger partial charge in [0.2, 0.25) is 0 Å². The molecule has 2 rings (SSSR count). The van der Waals surface area contributed by atoms with Gasteiger partial charge in [-0.3, -0.25) is 9.69 Å². The van der Waals surface area contributed by atoms with Crippen LogP contribution in [0.1, 0.15) is 39.2 Å². The Balaban J connectivity index is 2.16. The van der Waals surface area contributed by atoms with E-state index in [1.54, 1.807) is 14.0 Å². The van der Waals surface area contributed by atoms with Crippen LogP contribution in [0.15, 0.2) is 16.5 Å². The van der Waals surface area contributed by atoms with Crippen LogP contribution in [0.3, 0.4) is 0 Å². The molecule has 1 fully saturated rings. The van der Waals surface area contributed by atoms with Gasteiger partial charge in [0.05, 0.1) is 6.54 Å². The van der Waals surface area contributed by atoms with E-state index in [0.717, 1.165) is 5.76 Å². The van der Waals surface area contributed by atoms with Crippen LogP contribution in [-0.2, 0) is 16.8 Å². The molecule has 0 radical (unpaired) electrons. The molecule has 1 aromatic rings. The number of carbonyl (C=O) groups is 2. The highest BCUT2D eigenvalue weighted by Gasteiger charge is 2.40. The quantitative estimate of drug-likeness (QED) is 0.770. The van der Waals surface area contributed by atoms with Crippen molar-refractivity contribution < 1.29 is 14.0 Å². The summed E-state index contributed by atoms with van der Waals surface area (Å²) < 4.78 is 5.71. The molecule has 1 aromatic heterocycles. The summed E-state index contributed by atoms with van der Waals surface area (Å²) >= 11 is 0. The summed E-state index contributed by atoms with van der Waals surface area (Å²) in [6.07, 6.45) is 0. The molecule has 3 amide bonds. The third-order valence-corrected chi connectivity index (χ3v) is 3.45. The zero-order valence-corrected chi connectivity index (χ0v) is 12.1. The van der Waals surface area contributed by atoms with Gasteiger partial charge in [-0.25, -0.2) is 4.79 Å². The maximum absolute atomic E-state index is 12.0. The highest BCUT2D eigenvalue weighted by Crippen LogP contribution is 2.26. The lowest BCUT2D eigenvalue weighted by atomic mass is 9.94. The molecule has 5 nitrogen and oxygen atoms in total. The number of hydrogen-bond acceptors (Lipinski definition) is 3. The van der Waals surface area contributed by atoms with Gasteiger partial charge in [0.1, 0.15) is 17.6 Å². The molecule has 2 heterocycles. The summed E-state index contributed by atoms with van der Waals surface area (Å²) in [5.74, 6) is 1.30. The number of urea groups is 1. The molecule has 19 heavy (non-hydrogen) atoms. The molecule has 1 aliphatic heterocycles. The monoisotopic (exact) mass is 264 g/mol. The first kappa shape index (κ1) is 13.6. The van der Waals surface area contributed by atoms with E-state index in [4.69, 9.17) is 4.42 Å². The summed E-state index contributed by atoms with van der Waals surface area (Å²) in [6.45, 7) is 8.08. The Morgan fingerprint density at radius 1 is 1.26 bits per heavy atom. The Labute approximate surface area is 113 Å². The molecule has 104 valence electrons. The van der Waals surface area contributed by atoms with Gasteiger partial charge >= 0.3 is 6.03 Å². The van der Waals surface area contributed by atoms with Gasteiger partial charge in [-0.05, 0) is 19.1 Å². The van der Waals surface area contributed by atoms with Gasteiger partial charge < -0.3 is 9.32 Å². The fraction of sp³-hybridized carbons (Fsp3) is 0.571. The van der Waals surface area contributed by atoms with E-state index in [1.807, 2.05) is 12.1 Å². The van der Waals surface area contributed by atoms with Crippen LogP contribution in [0.2, 0.25) is 0 Å². The molecule has 0 N–H and O–H groups in total. The summed E-state index contributed by atoms with van der Waals surface area (Å²) in [5, 5.41) is 0. The number of likely N-dealkylation sites (N-methyl/N-ethyl adjacent to an activating group) is 1. The lowest BCUT2D eigenvalue weighted by molar-refractivity contribution is -0.128. The van der Waals surface area contributed by atoms with E-state index < -0.39 is 6.04 Å². The average molecular weight is 264 g/mol. The van der Waals surface area contributed by atoms with Crippen molar-refractivity contribution >= 4 is 11.9 Å². The summed E-state index contributed by atoms with van der Waals surface area (Å²) in [7, 11) is 1.63. The molecule has 1 saturated heterocycles. The van der Waals surface area contributed by atoms with Crippen LogP contribution in [0.4, 0.5) is 4.79 Å². The van der Waals surface area contributed by atoms with E-state index in [-0.39, 0.29) is 23.9 Å². The molecule has 0 unspecified atom stereocenters. The number of amides is 3. The molecular formula is C14H20N2O3. The Bertz CT molecular complexity index is 493. The van der Waals surface area contributed by atoms with Crippen molar-refractivity contribution in [3.05, 3.63) is 23.7 Å². The van der Waals surface area contributed by atoms with Gasteiger partial charge in [-0.15, -0.1) is 0 Å². The lowest BCUT2D eigenvalue weighted by Crippen LogP contribution is -2.30. The van der Waals surface area contributed by atoms with Crippen molar-refractivity contribution in [3.8, 4) is 0 Å². The first-order valence-corrected chi connectivity index (χ1v) is 6.39. The minimum Gasteiger partial charge on any atom is -0.464 e. The average Bonchev–Trinajstić information content (AvgIpc) is 2.86. The van der Waals surface area contributed by atoms with E-state index in [2.05, 4.69) is 20.8 Å². The summed E-state index contributed by atoms with van der Waals surface area (Å²) in [6, 6.07) is 3.05. The second-order valence-electron chi connectivity index (χ2n) is 6.01. The Hall–Kier alpha value is -1.78. The third kappa shape index (κ3) is 2.37. The zero-order chi connectivity index (χ0) is 14.4. The SMILES string of the molecule is C[C@H]1C(=O)N(Cc2ccc(C(C)(C)C)o2)C(=O)N1C. The van der Waals surface area contributed by atoms with E-state index in [1.165, 1.54) is 9.80 Å². The van der Waals surface area contributed by atoms with Crippen molar-refractivity contribution in [2.45, 2.75) is 45.7 Å². The molecule has 0 spiro atoms. The van der Waals surface area contributed by atoms with Crippen molar-refractivity contribution in [2.75, 3.05) is 7.05 Å². The fourth-order valence-electron chi connectivity index (χ4n) is 2.01. The van der Waals surface area contributed by atoms with Crippen molar-refractivity contribution in [1.82, 2.24) is 9.80 Å². The third-order valence-electron chi connectivity index (χ3n) is 3.45. The predicted octanol–water partition coefficient (Wildman–Crippen LogP) is 2.36. The second kappa shape index (κ2) is 4.40. The molecule has 1 aliphatic rings. The van der Waals surface area contributed by atoms with Crippen molar-refractivity contribution in [3.63, 3.8) is 0 Å². The van der Waals surface area contributed by atoms with Crippen LogP contribution in [0.25, 0.3) is 0 Å². The van der Waals surface area contributed by atoms with Gasteiger partial charge in [-0.2, -0.15) is 0 Å². The molecule has 0 aliphatic carbocycles. The summed E-state index contributed by atoms with van der Waals surface area (Å²) in [4.78, 5) is 26.6. The minimum absolute atomic E-state index is 0.0820. The largest absolute Gasteiger partial charge is 0.464 e. The number of rotatable bonds is 2. The predicted molar refractivity (Wildman–Crippen MR) is 70.6 cm³/mol. The molecule has 0 aromatic carbocycles. The van der Waals surface area contributed by atoms with Crippen molar-refractivity contribution in [2.24, 2.45) is 0 Å². The maximum Gasteiger partial charge on any atom is 0.327 e. The van der Waals surface area contributed by atoms with Crippen LogP contribution in [0, 0.1) is 0 Å². The Morgan fingerprint density at radius 2 is 1.89 bits per heavy atom. The van der Waals surface area contributed by atoms with Crippen LogP contribution in [0.5, 0.6) is 0 Å². The van der Waals surface area contributed by atoms with E-state index in [9.17, 15) is 9.59 Å². The van der Waals surface area contributed by atoms with E-state index >= 15 is 0 Å². The standard InChI is InChI=1S/C14H20N2O3/c1-9-12(17)16(13(18)15(9)5)8-10-6-7-11(19-10)14(2,3)4/h6-7,9H,8H2,1-5H3/t9-/m0/s1. The molecular weight excluding hydrogens is 244 g/mol. The van der Waals surface area contributed by atoms with Gasteiger partial charge in [0, 0.05) is 12.5 Å². The zero-order valence-electron chi connectivity index (χ0n) is 12.1. The number of nitrogens with zero attached hydrogens (tertiary/aromatic N) is 2. The summed E-state index contributed by atoms with van der Waals surface area (Å²) in [5.41, 5.74) is -0.0820. The van der Waals surface area contributed by atoms with E-state index in [0.29, 0.717) is 5.76 Å². The first-order chi connectivity index (χ1) is 8.71. The van der Waals surface area contributed by atoms with Crippen LogP contribution in [-0.4, -0.2) is 34.8 Å². The van der Waals surface area contributed by atoms with Gasteiger partial charge in [0.15, 0.2) is 0 Å². The van der Waals surface area contributed by atoms with Gasteiger partial charge in [-0.1, -0.05) is 20.8 Å². The number of imide groups is 1. The highest BCUT2D eigenvalue weighted by molar-refractivity contribution is 6.03. The van der Waals surface area contributed by atoms with Crippen LogP contribution < -0.4 is 0 Å². The molecule has 1 atom stereocenters. The second-order valence-corrected chi connectivity index (χ2v) is 6.01. The Morgan fingerprint density at radius 3 is 2.32 bits per heavy atom. The Kier molecular flexibility index (Phi) is 3.16. The lowest BCUT2D eigenvalue weighted by Gasteiger charge is -2.15. The first-order valence-electron chi connectivity index (χ1n) is 6.39. The maximum atomic E-state index is 12.0.